The second kappa shape index (κ2) is 8.99. The van der Waals surface area contributed by atoms with Crippen LogP contribution in [0.15, 0.2) is 53.4 Å². The van der Waals surface area contributed by atoms with Gasteiger partial charge in [0.25, 0.3) is 5.91 Å². The van der Waals surface area contributed by atoms with Gasteiger partial charge in [0.05, 0.1) is 4.90 Å². The molecule has 3 aromatic rings. The number of aromatic nitrogens is 3. The van der Waals surface area contributed by atoms with Crippen LogP contribution in [0.5, 0.6) is 0 Å². The SMILES string of the molecule is CNS(=O)(=O)c1ccc(C(=O)Nc2ccc(-c3nnc4n3CCCCCC4)cc2)cc1. The number of hydrogen-bond donors (Lipinski definition) is 2. The minimum Gasteiger partial charge on any atom is -0.322 e. The number of nitrogens with one attached hydrogen (secondary N) is 2. The van der Waals surface area contributed by atoms with E-state index in [1.54, 1.807) is 0 Å². The van der Waals surface area contributed by atoms with Crippen LogP contribution in [0.1, 0.15) is 41.9 Å². The second-order valence-electron chi connectivity index (χ2n) is 7.52. The number of carbonyl (C=O) groups excluding carboxylic acids is 1. The van der Waals surface area contributed by atoms with E-state index in [0.29, 0.717) is 11.3 Å². The van der Waals surface area contributed by atoms with Crippen molar-refractivity contribution in [3.05, 3.63) is 59.9 Å². The summed E-state index contributed by atoms with van der Waals surface area (Å²) in [6.45, 7) is 0.926. The largest absolute Gasteiger partial charge is 0.322 e. The molecule has 0 bridgehead atoms. The molecular formula is C22H25N5O3S. The first-order valence-electron chi connectivity index (χ1n) is 10.4. The lowest BCUT2D eigenvalue weighted by atomic mass is 10.1. The third-order valence-corrected chi connectivity index (χ3v) is 6.89. The zero-order valence-corrected chi connectivity index (χ0v) is 18.2. The Balaban J connectivity index is 1.47. The molecule has 0 fully saturated rings. The molecule has 4 rings (SSSR count). The fraction of sp³-hybridized carbons (Fsp3) is 0.318. The van der Waals surface area contributed by atoms with Crippen molar-refractivity contribution < 1.29 is 13.2 Å². The van der Waals surface area contributed by atoms with E-state index in [2.05, 4.69) is 24.8 Å². The summed E-state index contributed by atoms with van der Waals surface area (Å²) in [5, 5.41) is 11.6. The number of rotatable bonds is 5. The fourth-order valence-corrected chi connectivity index (χ4v) is 4.41. The van der Waals surface area contributed by atoms with Crippen LogP contribution in [0.2, 0.25) is 0 Å². The summed E-state index contributed by atoms with van der Waals surface area (Å²) in [5.74, 6) is 1.58. The van der Waals surface area contributed by atoms with Gasteiger partial charge in [0.15, 0.2) is 5.82 Å². The number of nitrogens with zero attached hydrogens (tertiary/aromatic N) is 3. The van der Waals surface area contributed by atoms with Crippen molar-refractivity contribution in [2.45, 2.75) is 43.5 Å². The highest BCUT2D eigenvalue weighted by Crippen LogP contribution is 2.24. The highest BCUT2D eigenvalue weighted by Gasteiger charge is 2.16. The predicted molar refractivity (Wildman–Crippen MR) is 118 cm³/mol. The van der Waals surface area contributed by atoms with Gasteiger partial charge in [-0.1, -0.05) is 12.8 Å². The molecule has 162 valence electrons. The Bertz CT molecular complexity index is 1170. The standard InChI is InChI=1S/C22H25N5O3S/c1-23-31(29,30)19-13-9-17(10-14-19)22(28)24-18-11-7-16(8-12-18)21-26-25-20-6-4-2-3-5-15-27(20)21/h7-14,23H,2-6,15H2,1H3,(H,24,28). The van der Waals surface area contributed by atoms with E-state index in [1.165, 1.54) is 44.2 Å². The first-order valence-corrected chi connectivity index (χ1v) is 11.8. The average Bonchev–Trinajstić information content (AvgIpc) is 3.15. The zero-order valence-electron chi connectivity index (χ0n) is 17.3. The minimum atomic E-state index is -3.53. The van der Waals surface area contributed by atoms with Gasteiger partial charge in [-0.3, -0.25) is 4.79 Å². The summed E-state index contributed by atoms with van der Waals surface area (Å²) < 4.78 is 28.1. The smallest absolute Gasteiger partial charge is 0.255 e. The van der Waals surface area contributed by atoms with Crippen molar-refractivity contribution in [1.82, 2.24) is 19.5 Å². The quantitative estimate of drug-likeness (QED) is 0.635. The predicted octanol–water partition coefficient (Wildman–Crippen LogP) is 3.22. The molecule has 2 N–H and O–H groups in total. The van der Waals surface area contributed by atoms with Gasteiger partial charge in [0, 0.05) is 29.8 Å². The Labute approximate surface area is 181 Å². The van der Waals surface area contributed by atoms with Gasteiger partial charge in [-0.2, -0.15) is 0 Å². The topological polar surface area (TPSA) is 106 Å². The number of amides is 1. The summed E-state index contributed by atoms with van der Waals surface area (Å²) in [7, 11) is -2.19. The van der Waals surface area contributed by atoms with Gasteiger partial charge in [0.2, 0.25) is 10.0 Å². The molecule has 0 saturated carbocycles. The molecule has 0 saturated heterocycles. The fourth-order valence-electron chi connectivity index (χ4n) is 3.68. The van der Waals surface area contributed by atoms with Crippen LogP contribution in [0.3, 0.4) is 0 Å². The Hall–Kier alpha value is -3.04. The summed E-state index contributed by atoms with van der Waals surface area (Å²) in [6, 6.07) is 13.3. The lowest BCUT2D eigenvalue weighted by molar-refractivity contribution is 0.102. The first-order chi connectivity index (χ1) is 15.0. The number of sulfonamides is 1. The van der Waals surface area contributed by atoms with Crippen LogP contribution in [-0.4, -0.2) is 36.1 Å². The van der Waals surface area contributed by atoms with E-state index >= 15 is 0 Å². The van der Waals surface area contributed by atoms with Crippen molar-refractivity contribution in [3.63, 3.8) is 0 Å². The van der Waals surface area contributed by atoms with E-state index < -0.39 is 10.0 Å². The third-order valence-electron chi connectivity index (χ3n) is 5.46. The van der Waals surface area contributed by atoms with Gasteiger partial charge in [-0.25, -0.2) is 13.1 Å². The lowest BCUT2D eigenvalue weighted by Crippen LogP contribution is -2.19. The maximum Gasteiger partial charge on any atom is 0.255 e. The molecule has 1 aromatic heterocycles. The van der Waals surface area contributed by atoms with Gasteiger partial charge in [-0.05, 0) is 68.4 Å². The Morgan fingerprint density at radius 2 is 1.65 bits per heavy atom. The molecule has 0 atom stereocenters. The summed E-state index contributed by atoms with van der Waals surface area (Å²) >= 11 is 0. The van der Waals surface area contributed by atoms with Crippen LogP contribution in [0.4, 0.5) is 5.69 Å². The molecule has 31 heavy (non-hydrogen) atoms. The van der Waals surface area contributed by atoms with Crippen LogP contribution >= 0.6 is 0 Å². The maximum atomic E-state index is 12.5. The molecule has 1 amide bonds. The Kier molecular flexibility index (Phi) is 6.15. The summed E-state index contributed by atoms with van der Waals surface area (Å²) in [5.41, 5.74) is 1.98. The maximum absolute atomic E-state index is 12.5. The van der Waals surface area contributed by atoms with Crippen LogP contribution < -0.4 is 10.0 Å². The highest BCUT2D eigenvalue weighted by molar-refractivity contribution is 7.89. The monoisotopic (exact) mass is 439 g/mol. The normalized spacial score (nSPS) is 14.4. The van der Waals surface area contributed by atoms with E-state index in [9.17, 15) is 13.2 Å². The molecular weight excluding hydrogens is 414 g/mol. The number of anilines is 1. The molecule has 2 heterocycles. The van der Waals surface area contributed by atoms with Gasteiger partial charge in [-0.15, -0.1) is 10.2 Å². The van der Waals surface area contributed by atoms with Crippen molar-refractivity contribution in [1.29, 1.82) is 0 Å². The molecule has 0 radical (unpaired) electrons. The second-order valence-corrected chi connectivity index (χ2v) is 9.41. The van der Waals surface area contributed by atoms with Crippen molar-refractivity contribution in [3.8, 4) is 11.4 Å². The summed E-state index contributed by atoms with van der Waals surface area (Å²) in [4.78, 5) is 12.6. The Morgan fingerprint density at radius 3 is 2.35 bits per heavy atom. The molecule has 2 aromatic carbocycles. The molecule has 8 nitrogen and oxygen atoms in total. The number of fused-ring (bicyclic) bond motifs is 1. The van der Waals surface area contributed by atoms with Crippen molar-refractivity contribution >= 4 is 21.6 Å². The molecule has 9 heteroatoms. The van der Waals surface area contributed by atoms with Crippen LogP contribution in [-0.2, 0) is 23.0 Å². The molecule has 1 aliphatic rings. The van der Waals surface area contributed by atoms with Gasteiger partial charge >= 0.3 is 0 Å². The molecule has 1 aliphatic heterocycles. The molecule has 0 spiro atoms. The van der Waals surface area contributed by atoms with Crippen LogP contribution in [0, 0.1) is 0 Å². The molecule has 0 unspecified atom stereocenters. The third kappa shape index (κ3) is 4.67. The Morgan fingerprint density at radius 1 is 0.935 bits per heavy atom. The summed E-state index contributed by atoms with van der Waals surface area (Å²) in [6.07, 6.45) is 5.69. The molecule has 0 aliphatic carbocycles. The first kappa shape index (κ1) is 21.2. The number of carbonyl (C=O) groups is 1. The average molecular weight is 440 g/mol. The van der Waals surface area contributed by atoms with E-state index in [1.807, 2.05) is 24.3 Å². The number of hydrogen-bond acceptors (Lipinski definition) is 5. The van der Waals surface area contributed by atoms with E-state index in [0.717, 1.165) is 43.0 Å². The minimum absolute atomic E-state index is 0.110. The van der Waals surface area contributed by atoms with E-state index in [-0.39, 0.29) is 10.8 Å². The van der Waals surface area contributed by atoms with Gasteiger partial charge in [0.1, 0.15) is 5.82 Å². The highest BCUT2D eigenvalue weighted by atomic mass is 32.2. The number of aryl methyl sites for hydroxylation is 1. The van der Waals surface area contributed by atoms with Crippen molar-refractivity contribution in [2.75, 3.05) is 12.4 Å². The van der Waals surface area contributed by atoms with Crippen LogP contribution in [0.25, 0.3) is 11.4 Å². The zero-order chi connectivity index (χ0) is 21.8. The number of benzene rings is 2. The van der Waals surface area contributed by atoms with E-state index in [4.69, 9.17) is 0 Å². The lowest BCUT2D eigenvalue weighted by Gasteiger charge is -2.13. The van der Waals surface area contributed by atoms with Gasteiger partial charge < -0.3 is 9.88 Å². The van der Waals surface area contributed by atoms with Crippen molar-refractivity contribution in [2.24, 2.45) is 0 Å².